The molecule has 2 aromatic carbocycles. The smallest absolute Gasteiger partial charge is 0.241 e. The average Bonchev–Trinajstić information content (AvgIpc) is 3.31. The normalized spacial score (nSPS) is 16.9. The van der Waals surface area contributed by atoms with Crippen molar-refractivity contribution in [2.45, 2.75) is 31.8 Å². The minimum Gasteiger partial charge on any atom is -0.497 e. The summed E-state index contributed by atoms with van der Waals surface area (Å²) in [7, 11) is 1.51. The van der Waals surface area contributed by atoms with E-state index < -0.39 is 0 Å². The second kappa shape index (κ2) is 9.09. The third-order valence-corrected chi connectivity index (χ3v) is 5.45. The molecular formula is C23H25FN4O2. The highest BCUT2D eigenvalue weighted by molar-refractivity contribution is 5.95. The zero-order valence-corrected chi connectivity index (χ0v) is 16.9. The number of carbonyl (C=O) groups excluding carboxylic acids is 1. The minimum absolute atomic E-state index is 0.0598. The van der Waals surface area contributed by atoms with Crippen molar-refractivity contribution in [1.29, 1.82) is 0 Å². The Bertz CT molecular complexity index is 989. The van der Waals surface area contributed by atoms with E-state index in [4.69, 9.17) is 4.74 Å². The van der Waals surface area contributed by atoms with E-state index in [0.29, 0.717) is 17.9 Å². The summed E-state index contributed by atoms with van der Waals surface area (Å²) in [6.45, 7) is 1.16. The van der Waals surface area contributed by atoms with E-state index in [1.807, 2.05) is 36.5 Å². The van der Waals surface area contributed by atoms with Crippen LogP contribution in [0.5, 0.6) is 5.75 Å². The van der Waals surface area contributed by atoms with Gasteiger partial charge in [0.1, 0.15) is 11.6 Å². The van der Waals surface area contributed by atoms with Crippen LogP contribution in [0.1, 0.15) is 24.8 Å². The maximum atomic E-state index is 14.4. The van der Waals surface area contributed by atoms with Crippen LogP contribution in [0.25, 0.3) is 5.69 Å². The van der Waals surface area contributed by atoms with Crippen molar-refractivity contribution in [3.05, 3.63) is 72.3 Å². The summed E-state index contributed by atoms with van der Waals surface area (Å²) in [5.41, 5.74) is 2.23. The van der Waals surface area contributed by atoms with Crippen molar-refractivity contribution in [2.75, 3.05) is 19.0 Å². The number of rotatable bonds is 6. The summed E-state index contributed by atoms with van der Waals surface area (Å²) in [5.74, 6) is 0.117. The number of likely N-dealkylation sites (tertiary alicyclic amines) is 1. The molecule has 1 aromatic heterocycles. The van der Waals surface area contributed by atoms with Crippen molar-refractivity contribution >= 4 is 11.6 Å². The number of carbonyl (C=O) groups is 1. The third kappa shape index (κ3) is 4.52. The number of methoxy groups -OCH3 is 1. The monoisotopic (exact) mass is 408 g/mol. The molecule has 156 valence electrons. The molecule has 2 heterocycles. The highest BCUT2D eigenvalue weighted by atomic mass is 19.1. The Morgan fingerprint density at radius 3 is 2.77 bits per heavy atom. The van der Waals surface area contributed by atoms with Crippen molar-refractivity contribution < 1.29 is 13.9 Å². The molecule has 1 aliphatic rings. The number of benzene rings is 2. The molecule has 1 aliphatic heterocycles. The zero-order valence-electron chi connectivity index (χ0n) is 16.9. The third-order valence-electron chi connectivity index (χ3n) is 5.45. The van der Waals surface area contributed by atoms with Crippen molar-refractivity contribution in [2.24, 2.45) is 0 Å². The molecule has 1 fully saturated rings. The number of anilines is 1. The van der Waals surface area contributed by atoms with Crippen molar-refractivity contribution in [3.8, 4) is 11.4 Å². The molecule has 0 spiro atoms. The van der Waals surface area contributed by atoms with Crippen LogP contribution >= 0.6 is 0 Å². The van der Waals surface area contributed by atoms with Gasteiger partial charge in [0.25, 0.3) is 0 Å². The minimum atomic E-state index is -0.312. The van der Waals surface area contributed by atoms with E-state index in [9.17, 15) is 9.18 Å². The standard InChI is InChI=1S/C23H25FN4O2/c1-30-20-11-6-17(21(24)15-20)16-27-13-3-2-5-22(27)23(29)26-18-7-9-19(10-8-18)28-14-4-12-25-28/h4,6-12,14-15,22H,2-3,5,13,16H2,1H3,(H,26,29)/t22-/m1/s1. The van der Waals surface area contributed by atoms with E-state index in [1.165, 1.54) is 13.2 Å². The molecule has 1 atom stereocenters. The Balaban J connectivity index is 1.44. The van der Waals surface area contributed by atoms with Crippen LogP contribution in [-0.2, 0) is 11.3 Å². The molecule has 0 aliphatic carbocycles. The molecule has 0 radical (unpaired) electrons. The van der Waals surface area contributed by atoms with E-state index in [2.05, 4.69) is 15.3 Å². The van der Waals surface area contributed by atoms with E-state index in [1.54, 1.807) is 23.0 Å². The number of hydrogen-bond donors (Lipinski definition) is 1. The summed E-state index contributed by atoms with van der Waals surface area (Å²) >= 11 is 0. The molecule has 1 amide bonds. The second-order valence-electron chi connectivity index (χ2n) is 7.43. The van der Waals surface area contributed by atoms with Gasteiger partial charge in [0.05, 0.1) is 18.8 Å². The van der Waals surface area contributed by atoms with Crippen LogP contribution in [0, 0.1) is 5.82 Å². The fraction of sp³-hybridized carbons (Fsp3) is 0.304. The van der Waals surface area contributed by atoms with Gasteiger partial charge in [-0.3, -0.25) is 9.69 Å². The quantitative estimate of drug-likeness (QED) is 0.670. The second-order valence-corrected chi connectivity index (χ2v) is 7.43. The highest BCUT2D eigenvalue weighted by Crippen LogP contribution is 2.24. The van der Waals surface area contributed by atoms with E-state index in [0.717, 1.165) is 37.2 Å². The van der Waals surface area contributed by atoms with Gasteiger partial charge >= 0.3 is 0 Å². The Hall–Kier alpha value is -3.19. The Morgan fingerprint density at radius 1 is 1.23 bits per heavy atom. The summed E-state index contributed by atoms with van der Waals surface area (Å²) in [4.78, 5) is 15.0. The van der Waals surface area contributed by atoms with Gasteiger partial charge in [0, 0.05) is 36.3 Å². The lowest BCUT2D eigenvalue weighted by Gasteiger charge is -2.34. The van der Waals surface area contributed by atoms with Crippen LogP contribution in [0.15, 0.2) is 60.9 Å². The van der Waals surface area contributed by atoms with Gasteiger partial charge in [-0.15, -0.1) is 0 Å². The SMILES string of the molecule is COc1ccc(CN2CCCC[C@@H]2C(=O)Nc2ccc(-n3cccn3)cc2)c(F)c1. The summed E-state index contributed by atoms with van der Waals surface area (Å²) in [6, 6.07) is 14.0. The molecule has 0 unspecified atom stereocenters. The van der Waals surface area contributed by atoms with Gasteiger partial charge in [0.2, 0.25) is 5.91 Å². The average molecular weight is 408 g/mol. The first-order chi connectivity index (χ1) is 14.6. The lowest BCUT2D eigenvalue weighted by molar-refractivity contribution is -0.122. The van der Waals surface area contributed by atoms with Gasteiger partial charge in [0.15, 0.2) is 0 Å². The molecule has 1 N–H and O–H groups in total. The maximum absolute atomic E-state index is 14.4. The van der Waals surface area contributed by atoms with Crippen molar-refractivity contribution in [1.82, 2.24) is 14.7 Å². The summed E-state index contributed by atoms with van der Waals surface area (Å²) < 4.78 is 21.2. The number of nitrogens with one attached hydrogen (secondary N) is 1. The summed E-state index contributed by atoms with van der Waals surface area (Å²) in [5, 5.41) is 7.21. The topological polar surface area (TPSA) is 59.4 Å². The number of piperidine rings is 1. The lowest BCUT2D eigenvalue weighted by Crippen LogP contribution is -2.46. The number of hydrogen-bond acceptors (Lipinski definition) is 4. The van der Waals surface area contributed by atoms with Crippen molar-refractivity contribution in [3.63, 3.8) is 0 Å². The first kappa shape index (κ1) is 20.1. The Kier molecular flexibility index (Phi) is 6.09. The van der Waals surface area contributed by atoms with Gasteiger partial charge in [-0.05, 0) is 55.8 Å². The lowest BCUT2D eigenvalue weighted by atomic mass is 10.00. The van der Waals surface area contributed by atoms with Crippen LogP contribution in [-0.4, -0.2) is 40.3 Å². The fourth-order valence-electron chi connectivity index (χ4n) is 3.82. The molecule has 1 saturated heterocycles. The maximum Gasteiger partial charge on any atom is 0.241 e. The first-order valence-electron chi connectivity index (χ1n) is 10.1. The molecule has 7 heteroatoms. The van der Waals surface area contributed by atoms with Crippen LogP contribution in [0.4, 0.5) is 10.1 Å². The number of ether oxygens (including phenoxy) is 1. The van der Waals surface area contributed by atoms with E-state index in [-0.39, 0.29) is 17.8 Å². The van der Waals surface area contributed by atoms with Gasteiger partial charge in [-0.2, -0.15) is 5.10 Å². The van der Waals surface area contributed by atoms with Crippen LogP contribution < -0.4 is 10.1 Å². The zero-order chi connectivity index (χ0) is 20.9. The van der Waals surface area contributed by atoms with Crippen LogP contribution in [0.2, 0.25) is 0 Å². The van der Waals surface area contributed by atoms with E-state index >= 15 is 0 Å². The number of halogens is 1. The molecule has 0 saturated carbocycles. The molecule has 30 heavy (non-hydrogen) atoms. The number of nitrogens with zero attached hydrogens (tertiary/aromatic N) is 3. The predicted molar refractivity (Wildman–Crippen MR) is 113 cm³/mol. The van der Waals surface area contributed by atoms with Crippen LogP contribution in [0.3, 0.4) is 0 Å². The van der Waals surface area contributed by atoms with Gasteiger partial charge in [-0.25, -0.2) is 9.07 Å². The highest BCUT2D eigenvalue weighted by Gasteiger charge is 2.29. The molecule has 6 nitrogen and oxygen atoms in total. The first-order valence-corrected chi connectivity index (χ1v) is 10.1. The Morgan fingerprint density at radius 2 is 2.07 bits per heavy atom. The molecule has 4 rings (SSSR count). The largest absolute Gasteiger partial charge is 0.497 e. The summed E-state index contributed by atoms with van der Waals surface area (Å²) in [6.07, 6.45) is 6.33. The molecular weight excluding hydrogens is 383 g/mol. The van der Waals surface area contributed by atoms with Gasteiger partial charge in [-0.1, -0.05) is 12.5 Å². The fourth-order valence-corrected chi connectivity index (χ4v) is 3.82. The Labute approximate surface area is 175 Å². The van der Waals surface area contributed by atoms with Gasteiger partial charge < -0.3 is 10.1 Å². The molecule has 3 aromatic rings. The molecule has 0 bridgehead atoms. The number of aromatic nitrogens is 2. The predicted octanol–water partition coefficient (Wildman–Crippen LogP) is 4.01. The number of amides is 1.